The van der Waals surface area contributed by atoms with Crippen molar-refractivity contribution in [1.82, 2.24) is 5.32 Å². The molecule has 18 heavy (non-hydrogen) atoms. The van der Waals surface area contributed by atoms with Crippen LogP contribution in [0.25, 0.3) is 0 Å². The Morgan fingerprint density at radius 3 is 2.44 bits per heavy atom. The van der Waals surface area contributed by atoms with Gasteiger partial charge < -0.3 is 14.8 Å². The van der Waals surface area contributed by atoms with Gasteiger partial charge in [-0.1, -0.05) is 0 Å². The Morgan fingerprint density at radius 2 is 2.00 bits per heavy atom. The molecule has 0 aromatic carbocycles. The van der Waals surface area contributed by atoms with Gasteiger partial charge in [0.1, 0.15) is 17.2 Å². The topological polar surface area (TPSA) is 64.6 Å². The van der Waals surface area contributed by atoms with Gasteiger partial charge in [-0.25, -0.2) is 4.79 Å². The zero-order valence-corrected chi connectivity index (χ0v) is 11.8. The van der Waals surface area contributed by atoms with Crippen LogP contribution in [0.15, 0.2) is 0 Å². The zero-order chi connectivity index (χ0) is 14.0. The lowest BCUT2D eigenvalue weighted by atomic mass is 10.0. The van der Waals surface area contributed by atoms with Crippen molar-refractivity contribution in [3.05, 3.63) is 0 Å². The SMILES string of the molecule is C[C@H](NC(=O)C1(C)CCCO1)C(=O)OC(C)(C)C. The number of carbonyl (C=O) groups is 2. The summed E-state index contributed by atoms with van der Waals surface area (Å²) in [5.41, 5.74) is -1.36. The first kappa shape index (κ1) is 15.0. The minimum absolute atomic E-state index is 0.252. The van der Waals surface area contributed by atoms with E-state index in [1.807, 2.05) is 0 Å². The van der Waals surface area contributed by atoms with E-state index in [1.54, 1.807) is 34.6 Å². The lowest BCUT2D eigenvalue weighted by molar-refractivity contribution is -0.159. The molecule has 1 aliphatic rings. The van der Waals surface area contributed by atoms with Crippen LogP contribution >= 0.6 is 0 Å². The van der Waals surface area contributed by atoms with Gasteiger partial charge in [-0.15, -0.1) is 0 Å². The summed E-state index contributed by atoms with van der Waals surface area (Å²) in [7, 11) is 0. The second-order valence-electron chi connectivity index (χ2n) is 5.91. The van der Waals surface area contributed by atoms with Gasteiger partial charge in [0.15, 0.2) is 0 Å². The quantitative estimate of drug-likeness (QED) is 0.776. The minimum Gasteiger partial charge on any atom is -0.458 e. The van der Waals surface area contributed by atoms with Crippen molar-refractivity contribution < 1.29 is 19.1 Å². The number of hydrogen-bond donors (Lipinski definition) is 1. The molecule has 2 atom stereocenters. The predicted molar refractivity (Wildman–Crippen MR) is 67.0 cm³/mol. The fourth-order valence-electron chi connectivity index (χ4n) is 1.76. The van der Waals surface area contributed by atoms with Crippen LogP contribution in [-0.2, 0) is 19.1 Å². The van der Waals surface area contributed by atoms with Gasteiger partial charge in [-0.05, 0) is 47.5 Å². The van der Waals surface area contributed by atoms with E-state index < -0.39 is 23.2 Å². The van der Waals surface area contributed by atoms with Gasteiger partial charge in [0.05, 0.1) is 0 Å². The number of amides is 1. The summed E-state index contributed by atoms with van der Waals surface area (Å²) in [6, 6.07) is -0.669. The number of carbonyl (C=O) groups excluding carboxylic acids is 2. The molecule has 0 radical (unpaired) electrons. The number of ether oxygens (including phenoxy) is 2. The van der Waals surface area contributed by atoms with E-state index in [2.05, 4.69) is 5.32 Å². The number of esters is 1. The second-order valence-corrected chi connectivity index (χ2v) is 5.91. The summed E-state index contributed by atoms with van der Waals surface area (Å²) in [5.74, 6) is -0.684. The van der Waals surface area contributed by atoms with Gasteiger partial charge in [0.2, 0.25) is 0 Å². The highest BCUT2D eigenvalue weighted by Gasteiger charge is 2.39. The van der Waals surface area contributed by atoms with Crippen molar-refractivity contribution in [3.63, 3.8) is 0 Å². The highest BCUT2D eigenvalue weighted by Crippen LogP contribution is 2.25. The molecule has 0 aromatic rings. The van der Waals surface area contributed by atoms with Crippen LogP contribution in [0.2, 0.25) is 0 Å². The number of nitrogens with one attached hydrogen (secondary N) is 1. The first-order valence-electron chi connectivity index (χ1n) is 6.32. The largest absolute Gasteiger partial charge is 0.458 e. The van der Waals surface area contributed by atoms with Crippen LogP contribution in [0.4, 0.5) is 0 Å². The van der Waals surface area contributed by atoms with Gasteiger partial charge in [-0.3, -0.25) is 4.79 Å². The summed E-state index contributed by atoms with van der Waals surface area (Å²) in [6.45, 7) is 9.33. The first-order chi connectivity index (χ1) is 8.14. The van der Waals surface area contributed by atoms with Gasteiger partial charge >= 0.3 is 5.97 Å². The maximum absolute atomic E-state index is 12.0. The van der Waals surface area contributed by atoms with Crippen molar-refractivity contribution in [1.29, 1.82) is 0 Å². The fraction of sp³-hybridized carbons (Fsp3) is 0.846. The highest BCUT2D eigenvalue weighted by atomic mass is 16.6. The van der Waals surface area contributed by atoms with Crippen molar-refractivity contribution in [3.8, 4) is 0 Å². The van der Waals surface area contributed by atoms with E-state index in [-0.39, 0.29) is 5.91 Å². The Bertz CT molecular complexity index is 326. The number of rotatable bonds is 3. The normalized spacial score (nSPS) is 25.6. The van der Waals surface area contributed by atoms with E-state index in [0.29, 0.717) is 13.0 Å². The van der Waals surface area contributed by atoms with Crippen molar-refractivity contribution in [2.24, 2.45) is 0 Å². The molecule has 1 aliphatic heterocycles. The fourth-order valence-corrected chi connectivity index (χ4v) is 1.76. The Hall–Kier alpha value is -1.10. The summed E-state index contributed by atoms with van der Waals surface area (Å²) >= 11 is 0. The van der Waals surface area contributed by atoms with Crippen molar-refractivity contribution in [2.45, 2.75) is 64.7 Å². The third-order valence-corrected chi connectivity index (χ3v) is 2.81. The molecule has 1 saturated heterocycles. The molecule has 0 aliphatic carbocycles. The first-order valence-corrected chi connectivity index (χ1v) is 6.32. The Morgan fingerprint density at radius 1 is 1.39 bits per heavy atom. The van der Waals surface area contributed by atoms with Crippen LogP contribution < -0.4 is 5.32 Å². The van der Waals surface area contributed by atoms with Crippen LogP contribution in [0, 0.1) is 0 Å². The van der Waals surface area contributed by atoms with Crippen LogP contribution in [0.1, 0.15) is 47.5 Å². The molecule has 0 aromatic heterocycles. The molecule has 5 nitrogen and oxygen atoms in total. The molecule has 5 heteroatoms. The monoisotopic (exact) mass is 257 g/mol. The molecule has 1 N–H and O–H groups in total. The van der Waals surface area contributed by atoms with Crippen LogP contribution in [-0.4, -0.2) is 35.7 Å². The maximum Gasteiger partial charge on any atom is 0.328 e. The maximum atomic E-state index is 12.0. The molecule has 0 saturated carbocycles. The van der Waals surface area contributed by atoms with Crippen LogP contribution in [0.3, 0.4) is 0 Å². The molecular weight excluding hydrogens is 234 g/mol. The van der Waals surface area contributed by atoms with Gasteiger partial charge in [-0.2, -0.15) is 0 Å². The summed E-state index contributed by atoms with van der Waals surface area (Å²) in [4.78, 5) is 23.7. The Balaban J connectivity index is 2.51. The average Bonchev–Trinajstić information content (AvgIpc) is 2.63. The molecule has 1 unspecified atom stereocenters. The Labute approximate surface area is 108 Å². The highest BCUT2D eigenvalue weighted by molar-refractivity contribution is 5.89. The van der Waals surface area contributed by atoms with E-state index in [0.717, 1.165) is 6.42 Å². The lowest BCUT2D eigenvalue weighted by Crippen LogP contribution is -2.50. The zero-order valence-electron chi connectivity index (χ0n) is 11.8. The molecule has 1 amide bonds. The second kappa shape index (κ2) is 5.26. The van der Waals surface area contributed by atoms with E-state index in [1.165, 1.54) is 0 Å². The summed E-state index contributed by atoms with van der Waals surface area (Å²) in [5, 5.41) is 2.65. The molecule has 0 spiro atoms. The minimum atomic E-state index is -0.809. The molecule has 1 fully saturated rings. The lowest BCUT2D eigenvalue weighted by Gasteiger charge is -2.26. The van der Waals surface area contributed by atoms with Crippen LogP contribution in [0.5, 0.6) is 0 Å². The van der Waals surface area contributed by atoms with Gasteiger partial charge in [0, 0.05) is 6.61 Å². The van der Waals surface area contributed by atoms with E-state index in [9.17, 15) is 9.59 Å². The molecule has 1 rings (SSSR count). The molecule has 104 valence electrons. The standard InChI is InChI=1S/C13H23NO4/c1-9(10(15)18-12(2,3)4)14-11(16)13(5)7-6-8-17-13/h9H,6-8H2,1-5H3,(H,14,16)/t9-,13?/m0/s1. The van der Waals surface area contributed by atoms with Gasteiger partial charge in [0.25, 0.3) is 5.91 Å². The summed E-state index contributed by atoms with van der Waals surface area (Å²) < 4.78 is 10.6. The smallest absolute Gasteiger partial charge is 0.328 e. The molecule has 0 bridgehead atoms. The van der Waals surface area contributed by atoms with E-state index in [4.69, 9.17) is 9.47 Å². The van der Waals surface area contributed by atoms with E-state index >= 15 is 0 Å². The Kier molecular flexibility index (Phi) is 4.37. The summed E-state index contributed by atoms with van der Waals surface area (Å²) in [6.07, 6.45) is 1.55. The molecular formula is C13H23NO4. The molecule has 1 heterocycles. The third-order valence-electron chi connectivity index (χ3n) is 2.81. The third kappa shape index (κ3) is 3.98. The number of hydrogen-bond acceptors (Lipinski definition) is 4. The van der Waals surface area contributed by atoms with Crippen molar-refractivity contribution >= 4 is 11.9 Å². The predicted octanol–water partition coefficient (Wildman–Crippen LogP) is 1.40. The van der Waals surface area contributed by atoms with Crippen molar-refractivity contribution in [2.75, 3.05) is 6.61 Å². The average molecular weight is 257 g/mol.